The molecule has 0 heterocycles. The molecule has 0 rings (SSSR count). The minimum absolute atomic E-state index is 0.318. The van der Waals surface area contributed by atoms with Crippen LogP contribution in [0.2, 0.25) is 0 Å². The summed E-state index contributed by atoms with van der Waals surface area (Å²) in [5.74, 6) is -0.712. The quantitative estimate of drug-likeness (QED) is 0.391. The Bertz CT molecular complexity index is 234. The zero-order valence-corrected chi connectivity index (χ0v) is 10.7. The number of hydrogen-bond acceptors (Lipinski definition) is 4. The van der Waals surface area contributed by atoms with Gasteiger partial charge in [-0.2, -0.15) is 0 Å². The highest BCUT2D eigenvalue weighted by molar-refractivity contribution is 5.81. The predicted octanol–water partition coefficient (Wildman–Crippen LogP) is 2.64. The van der Waals surface area contributed by atoms with E-state index in [1.807, 2.05) is 0 Å². The SMILES string of the molecule is C=CC(=O)OC.C=CC(=O)OCCCCCC. The van der Waals surface area contributed by atoms with Gasteiger partial charge < -0.3 is 9.47 Å². The van der Waals surface area contributed by atoms with Gasteiger partial charge in [0.2, 0.25) is 0 Å². The van der Waals surface area contributed by atoms with Crippen LogP contribution in [0.15, 0.2) is 25.3 Å². The van der Waals surface area contributed by atoms with Gasteiger partial charge in [0.05, 0.1) is 13.7 Å². The van der Waals surface area contributed by atoms with Crippen LogP contribution in [0.3, 0.4) is 0 Å². The van der Waals surface area contributed by atoms with Crippen molar-refractivity contribution in [2.75, 3.05) is 13.7 Å². The molecule has 0 aliphatic heterocycles. The van der Waals surface area contributed by atoms with Gasteiger partial charge in [-0.1, -0.05) is 39.3 Å². The van der Waals surface area contributed by atoms with E-state index in [9.17, 15) is 9.59 Å². The van der Waals surface area contributed by atoms with Gasteiger partial charge in [0.25, 0.3) is 0 Å². The zero-order chi connectivity index (χ0) is 13.5. The molecule has 0 aliphatic rings. The van der Waals surface area contributed by atoms with Crippen LogP contribution in [0.25, 0.3) is 0 Å². The Morgan fingerprint density at radius 1 is 1.06 bits per heavy atom. The van der Waals surface area contributed by atoms with Crippen molar-refractivity contribution in [2.24, 2.45) is 0 Å². The topological polar surface area (TPSA) is 52.6 Å². The first-order chi connectivity index (χ1) is 8.12. The average molecular weight is 242 g/mol. The highest BCUT2D eigenvalue weighted by Crippen LogP contribution is 1.98. The molecule has 0 aromatic heterocycles. The summed E-state index contributed by atoms with van der Waals surface area (Å²) in [7, 11) is 1.31. The van der Waals surface area contributed by atoms with E-state index < -0.39 is 5.97 Å². The van der Waals surface area contributed by atoms with Gasteiger partial charge >= 0.3 is 11.9 Å². The molecule has 0 bridgehead atoms. The van der Waals surface area contributed by atoms with Crippen LogP contribution >= 0.6 is 0 Å². The number of methoxy groups -OCH3 is 1. The molecule has 0 fully saturated rings. The highest BCUT2D eigenvalue weighted by atomic mass is 16.5. The number of hydrogen-bond donors (Lipinski definition) is 0. The van der Waals surface area contributed by atoms with Crippen molar-refractivity contribution in [1.82, 2.24) is 0 Å². The molecule has 0 aliphatic carbocycles. The molecule has 0 saturated heterocycles. The first-order valence-corrected chi connectivity index (χ1v) is 5.61. The number of esters is 2. The lowest BCUT2D eigenvalue weighted by Gasteiger charge is -1.99. The Morgan fingerprint density at radius 2 is 1.65 bits per heavy atom. The van der Waals surface area contributed by atoms with Gasteiger partial charge in [-0.15, -0.1) is 0 Å². The minimum atomic E-state index is -0.394. The molecule has 0 aromatic carbocycles. The predicted molar refractivity (Wildman–Crippen MR) is 67.5 cm³/mol. The molecule has 0 saturated carbocycles. The molecule has 0 radical (unpaired) electrons. The van der Waals surface area contributed by atoms with Crippen molar-refractivity contribution < 1.29 is 19.1 Å². The lowest BCUT2D eigenvalue weighted by atomic mass is 10.2. The van der Waals surface area contributed by atoms with Gasteiger partial charge in [0.1, 0.15) is 0 Å². The summed E-state index contributed by atoms with van der Waals surface area (Å²) >= 11 is 0. The first kappa shape index (κ1) is 17.8. The fourth-order valence-electron chi connectivity index (χ4n) is 0.844. The number of carbonyl (C=O) groups excluding carboxylic acids is 2. The third-order valence-corrected chi connectivity index (χ3v) is 1.78. The molecule has 98 valence electrons. The van der Waals surface area contributed by atoms with Crippen molar-refractivity contribution >= 4 is 11.9 Å². The van der Waals surface area contributed by atoms with Gasteiger partial charge in [-0.25, -0.2) is 9.59 Å². The molecule has 4 heteroatoms. The van der Waals surface area contributed by atoms with Crippen molar-refractivity contribution in [2.45, 2.75) is 32.6 Å². The van der Waals surface area contributed by atoms with E-state index in [-0.39, 0.29) is 5.97 Å². The summed E-state index contributed by atoms with van der Waals surface area (Å²) in [6.07, 6.45) is 6.83. The molecular formula is C13H22O4. The Balaban J connectivity index is 0. The Kier molecular flexibility index (Phi) is 15.1. The first-order valence-electron chi connectivity index (χ1n) is 5.61. The van der Waals surface area contributed by atoms with E-state index in [0.717, 1.165) is 18.9 Å². The molecular weight excluding hydrogens is 220 g/mol. The third kappa shape index (κ3) is 17.1. The van der Waals surface area contributed by atoms with Crippen molar-refractivity contribution in [3.63, 3.8) is 0 Å². The molecule has 0 amide bonds. The summed E-state index contributed by atoms with van der Waals surface area (Å²) in [6, 6.07) is 0. The molecule has 0 aromatic rings. The normalized spacial score (nSPS) is 8.35. The fourth-order valence-corrected chi connectivity index (χ4v) is 0.844. The fraction of sp³-hybridized carbons (Fsp3) is 0.538. The smallest absolute Gasteiger partial charge is 0.330 e. The summed E-state index contributed by atoms with van der Waals surface area (Å²) in [4.78, 5) is 20.3. The van der Waals surface area contributed by atoms with Crippen molar-refractivity contribution in [3.8, 4) is 0 Å². The van der Waals surface area contributed by atoms with E-state index >= 15 is 0 Å². The van der Waals surface area contributed by atoms with Crippen LogP contribution in [0, 0.1) is 0 Å². The Hall–Kier alpha value is -1.58. The van der Waals surface area contributed by atoms with Crippen LogP contribution < -0.4 is 0 Å². The number of unbranched alkanes of at least 4 members (excludes halogenated alkanes) is 3. The largest absolute Gasteiger partial charge is 0.466 e. The maximum absolute atomic E-state index is 10.5. The van der Waals surface area contributed by atoms with Crippen LogP contribution in [0.5, 0.6) is 0 Å². The van der Waals surface area contributed by atoms with Crippen molar-refractivity contribution in [3.05, 3.63) is 25.3 Å². The second kappa shape index (κ2) is 14.4. The maximum Gasteiger partial charge on any atom is 0.330 e. The third-order valence-electron chi connectivity index (χ3n) is 1.78. The number of ether oxygens (including phenoxy) is 2. The minimum Gasteiger partial charge on any atom is -0.466 e. The highest BCUT2D eigenvalue weighted by Gasteiger charge is 1.93. The second-order valence-corrected chi connectivity index (χ2v) is 3.16. The molecule has 0 atom stereocenters. The lowest BCUT2D eigenvalue weighted by molar-refractivity contribution is -0.138. The Morgan fingerprint density at radius 3 is 2.00 bits per heavy atom. The van der Waals surface area contributed by atoms with Crippen LogP contribution in [0.4, 0.5) is 0 Å². The summed E-state index contributed by atoms with van der Waals surface area (Å²) in [6.45, 7) is 9.14. The van der Waals surface area contributed by atoms with Crippen LogP contribution in [-0.2, 0) is 19.1 Å². The van der Waals surface area contributed by atoms with E-state index in [2.05, 4.69) is 24.8 Å². The molecule has 0 unspecified atom stereocenters. The number of rotatable bonds is 7. The summed E-state index contributed by atoms with van der Waals surface area (Å²) in [5.41, 5.74) is 0. The van der Waals surface area contributed by atoms with Crippen LogP contribution in [-0.4, -0.2) is 25.7 Å². The lowest BCUT2D eigenvalue weighted by Crippen LogP contribution is -2.01. The van der Waals surface area contributed by atoms with E-state index in [1.54, 1.807) is 0 Å². The second-order valence-electron chi connectivity index (χ2n) is 3.16. The molecule has 17 heavy (non-hydrogen) atoms. The Labute approximate surface area is 103 Å². The summed E-state index contributed by atoms with van der Waals surface area (Å²) < 4.78 is 8.92. The van der Waals surface area contributed by atoms with Crippen molar-refractivity contribution in [1.29, 1.82) is 0 Å². The number of carbonyl (C=O) groups is 2. The molecule has 4 nitrogen and oxygen atoms in total. The zero-order valence-electron chi connectivity index (χ0n) is 10.7. The van der Waals surface area contributed by atoms with E-state index in [4.69, 9.17) is 4.74 Å². The van der Waals surface area contributed by atoms with Gasteiger partial charge in [-0.05, 0) is 6.42 Å². The van der Waals surface area contributed by atoms with Gasteiger partial charge in [0.15, 0.2) is 0 Å². The van der Waals surface area contributed by atoms with Gasteiger partial charge in [0, 0.05) is 12.2 Å². The summed E-state index contributed by atoms with van der Waals surface area (Å²) in [5, 5.41) is 0. The maximum atomic E-state index is 10.5. The standard InChI is InChI=1S/C9H16O2.C4H6O2/c1-3-5-6-7-8-11-9(10)4-2;1-3-4(5)6-2/h4H,2-3,5-8H2,1H3;3H,1H2,2H3. The van der Waals surface area contributed by atoms with E-state index in [0.29, 0.717) is 6.61 Å². The average Bonchev–Trinajstić information content (AvgIpc) is 2.37. The monoisotopic (exact) mass is 242 g/mol. The van der Waals surface area contributed by atoms with Crippen LogP contribution in [0.1, 0.15) is 32.6 Å². The molecule has 0 spiro atoms. The molecule has 0 N–H and O–H groups in total. The van der Waals surface area contributed by atoms with E-state index in [1.165, 1.54) is 26.0 Å². The van der Waals surface area contributed by atoms with Gasteiger partial charge in [-0.3, -0.25) is 0 Å².